The smallest absolute Gasteiger partial charge is 0.406 e. The summed E-state index contributed by atoms with van der Waals surface area (Å²) in [6.45, 7) is 29.5. The molecule has 4 aromatic carbocycles. The van der Waals surface area contributed by atoms with E-state index in [2.05, 4.69) is 86.1 Å². The lowest BCUT2D eigenvalue weighted by Gasteiger charge is -2.21. The number of carboxylic acids is 2. The number of alkyl carbamates (subject to hydrolysis) is 1. The molecule has 1 saturated heterocycles. The molecule has 20 heteroatoms. The van der Waals surface area contributed by atoms with E-state index in [1.54, 1.807) is 0 Å². The number of hydrogen-bond acceptors (Lipinski definition) is 13. The van der Waals surface area contributed by atoms with E-state index in [1.165, 1.54) is 12.7 Å². The average molecular weight is 1350 g/mol. The van der Waals surface area contributed by atoms with Crippen molar-refractivity contribution in [3.63, 3.8) is 0 Å². The number of nitrogens with two attached hydrogens (primary N) is 3. The van der Waals surface area contributed by atoms with Crippen molar-refractivity contribution in [3.8, 4) is 0 Å². The number of carbonyl (C=O) groups is 9. The van der Waals surface area contributed by atoms with Gasteiger partial charge in [-0.15, -0.1) is 0 Å². The Morgan fingerprint density at radius 2 is 0.773 bits per heavy atom. The molecular formula is C77H121N7O13. The summed E-state index contributed by atoms with van der Waals surface area (Å²) in [5.41, 5.74) is 20.7. The number of methoxy groups -OCH3 is 1. The van der Waals surface area contributed by atoms with Crippen LogP contribution >= 0.6 is 0 Å². The summed E-state index contributed by atoms with van der Waals surface area (Å²) in [6.07, 6.45) is 6.16. The fraction of sp³-hybridized carbons (Fsp3) is 0.571. The number of carbonyl (C=O) groups excluding carboxylic acids is 7. The number of hydrogen-bond donors (Lipinski definition) is 9. The third-order valence-electron chi connectivity index (χ3n) is 15.4. The van der Waals surface area contributed by atoms with Crippen LogP contribution in [0.4, 0.5) is 4.79 Å². The number of esters is 2. The molecule has 4 aromatic rings. The third-order valence-corrected chi connectivity index (χ3v) is 15.4. The Morgan fingerprint density at radius 1 is 0.464 bits per heavy atom. The maximum Gasteiger partial charge on any atom is 0.406 e. The van der Waals surface area contributed by atoms with Crippen molar-refractivity contribution in [1.29, 1.82) is 0 Å². The molecule has 8 atom stereocenters. The van der Waals surface area contributed by atoms with Gasteiger partial charge in [0.25, 0.3) is 0 Å². The highest BCUT2D eigenvalue weighted by molar-refractivity contribution is 5.88. The molecule has 0 bridgehead atoms. The first-order valence-corrected chi connectivity index (χ1v) is 34.4. The topological polar surface area (TPSA) is 339 Å². The van der Waals surface area contributed by atoms with Crippen LogP contribution in [0, 0.1) is 59.2 Å². The molecular weight excluding hydrogens is 1230 g/mol. The molecule has 5 amide bonds. The zero-order valence-corrected chi connectivity index (χ0v) is 60.9. The standard InChI is InChI=1S/C18H28N2O3.C17H26N2O2.C17H25NO3.C9H14O3.C8H17NO2.C8H11N/c1-13(2)10-15(12-19-18(22)23-4)11-17(21)20-14(3)16-8-6-5-7-9-16;1-12(2)9-14(10-16(18)20)11-17(21)19-13(3)15-7-5-4-6-8-15;1-12(2)9-14(11-17(20)21)10-16(19)18-13(3)15-7-5-4-6-8-15;1-6(2)3-7-4-8(10)12-9(11)5-7;1-6(2)3-7(5-9)4-8(10)11;1-7(9)8-5-3-2-4-6-8/h5-9,13-15H,10-12H2,1-4H3,(H,19,22)(H,20,21);4-8,12-14H,9-11H2,1-3H3,(H2,18,20)(H,19,21);4-8,12-14H,9-11H2,1-3H3,(H,18,19)(H,20,21);6-7H,3-5H2,1-2H3;6-7H,3-5,9H2,1-2H3,(H,10,11);2-7H,9H2,1H3/t14-,15-;13-,14+;13-,14-;;2*7-/m000.00/s1. The molecule has 1 heterocycles. The van der Waals surface area contributed by atoms with E-state index in [0.29, 0.717) is 68.4 Å². The van der Waals surface area contributed by atoms with E-state index in [9.17, 15) is 43.2 Å². The molecule has 20 nitrogen and oxygen atoms in total. The van der Waals surface area contributed by atoms with E-state index in [1.807, 2.05) is 163 Å². The minimum atomic E-state index is -0.843. The monoisotopic (exact) mass is 1350 g/mol. The Morgan fingerprint density at radius 3 is 1.06 bits per heavy atom. The quantitative estimate of drug-likeness (QED) is 0.0162. The first-order valence-electron chi connectivity index (χ1n) is 34.4. The highest BCUT2D eigenvalue weighted by atomic mass is 16.6. The fourth-order valence-corrected chi connectivity index (χ4v) is 11.2. The zero-order valence-electron chi connectivity index (χ0n) is 60.9. The lowest BCUT2D eigenvalue weighted by Crippen LogP contribution is -2.34. The van der Waals surface area contributed by atoms with Gasteiger partial charge in [0.2, 0.25) is 23.6 Å². The van der Waals surface area contributed by atoms with Gasteiger partial charge in [0, 0.05) is 64.0 Å². The van der Waals surface area contributed by atoms with Gasteiger partial charge >= 0.3 is 30.0 Å². The van der Waals surface area contributed by atoms with E-state index in [0.717, 1.165) is 48.8 Å². The normalized spacial score (nSPS) is 14.3. The number of nitrogens with one attached hydrogen (secondary N) is 4. The van der Waals surface area contributed by atoms with Gasteiger partial charge in [0.1, 0.15) is 0 Å². The van der Waals surface area contributed by atoms with Crippen molar-refractivity contribution >= 4 is 53.6 Å². The largest absolute Gasteiger partial charge is 0.481 e. The second-order valence-corrected chi connectivity index (χ2v) is 27.6. The lowest BCUT2D eigenvalue weighted by molar-refractivity contribution is -0.166. The van der Waals surface area contributed by atoms with Gasteiger partial charge in [-0.3, -0.25) is 38.4 Å². The molecule has 0 aliphatic carbocycles. The Kier molecular flexibility index (Phi) is 47.1. The van der Waals surface area contributed by atoms with E-state index >= 15 is 0 Å². The molecule has 542 valence electrons. The minimum absolute atomic E-state index is 0.00123. The summed E-state index contributed by atoms with van der Waals surface area (Å²) in [5.74, 6) is -0.0729. The number of benzene rings is 4. The van der Waals surface area contributed by atoms with Crippen LogP contribution in [0.25, 0.3) is 0 Å². The van der Waals surface area contributed by atoms with E-state index < -0.39 is 18.0 Å². The Hall–Kier alpha value is -7.97. The molecule has 1 fully saturated rings. The molecule has 0 radical (unpaired) electrons. The van der Waals surface area contributed by atoms with Crippen LogP contribution in [-0.4, -0.2) is 84.0 Å². The van der Waals surface area contributed by atoms with Crippen molar-refractivity contribution in [3.05, 3.63) is 144 Å². The predicted molar refractivity (Wildman–Crippen MR) is 385 cm³/mol. The number of amides is 5. The third kappa shape index (κ3) is 47.6. The summed E-state index contributed by atoms with van der Waals surface area (Å²) >= 11 is 0. The number of ether oxygens (including phenoxy) is 2. The highest BCUT2D eigenvalue weighted by Crippen LogP contribution is 2.25. The zero-order chi connectivity index (χ0) is 73.6. The Bertz CT molecular complexity index is 2740. The van der Waals surface area contributed by atoms with Crippen molar-refractivity contribution < 1.29 is 62.8 Å². The van der Waals surface area contributed by atoms with Gasteiger partial charge in [0.05, 0.1) is 25.2 Å². The van der Waals surface area contributed by atoms with Crippen molar-refractivity contribution in [2.45, 2.75) is 205 Å². The summed E-state index contributed by atoms with van der Waals surface area (Å²) in [7, 11) is 1.33. The van der Waals surface area contributed by atoms with Crippen LogP contribution < -0.4 is 38.5 Å². The van der Waals surface area contributed by atoms with Crippen molar-refractivity contribution in [2.24, 2.45) is 76.4 Å². The van der Waals surface area contributed by atoms with Crippen LogP contribution in [0.2, 0.25) is 0 Å². The predicted octanol–water partition coefficient (Wildman–Crippen LogP) is 13.8. The molecule has 12 N–H and O–H groups in total. The number of cyclic esters (lactones) is 2. The molecule has 0 aromatic heterocycles. The number of aliphatic carboxylic acids is 2. The van der Waals surface area contributed by atoms with Gasteiger partial charge in [0.15, 0.2) is 0 Å². The van der Waals surface area contributed by atoms with Crippen LogP contribution in [0.5, 0.6) is 0 Å². The number of rotatable bonds is 32. The van der Waals surface area contributed by atoms with E-state index in [-0.39, 0.29) is 115 Å². The van der Waals surface area contributed by atoms with Gasteiger partial charge in [-0.2, -0.15) is 0 Å². The van der Waals surface area contributed by atoms with Crippen LogP contribution in [0.15, 0.2) is 121 Å². The summed E-state index contributed by atoms with van der Waals surface area (Å²) in [5, 5.41) is 29.0. The van der Waals surface area contributed by atoms with Crippen molar-refractivity contribution in [1.82, 2.24) is 21.3 Å². The molecule has 0 spiro atoms. The van der Waals surface area contributed by atoms with Gasteiger partial charge in [-0.1, -0.05) is 191 Å². The molecule has 1 aliphatic rings. The second kappa shape index (κ2) is 51.3. The summed E-state index contributed by atoms with van der Waals surface area (Å²) in [6, 6.07) is 39.5. The van der Waals surface area contributed by atoms with Crippen LogP contribution in [-0.2, 0) is 47.8 Å². The van der Waals surface area contributed by atoms with Crippen LogP contribution in [0.3, 0.4) is 0 Å². The maximum atomic E-state index is 12.3. The van der Waals surface area contributed by atoms with Crippen LogP contribution in [0.1, 0.15) is 227 Å². The first kappa shape index (κ1) is 89.0. The Balaban J connectivity index is 0.00000117. The molecule has 0 saturated carbocycles. The summed E-state index contributed by atoms with van der Waals surface area (Å²) < 4.78 is 9.00. The number of carboxylic acid groups (broad SMARTS) is 2. The number of primary amides is 1. The maximum absolute atomic E-state index is 12.3. The minimum Gasteiger partial charge on any atom is -0.481 e. The lowest BCUT2D eigenvalue weighted by atomic mass is 9.90. The SMILES string of the molecule is CC(C)CC1CC(=O)OC(=O)C1.CC(C)C[C@H](CC(=O)O)CC(=O)N[C@@H](C)c1ccccc1.CC(C)C[C@H](CC(N)=O)CC(=O)N[C@@H](C)c1ccccc1.CC(C)C[C@H](CN)CC(=O)O.COC(=O)NC[C@H](CC(=O)N[C@@H](C)c1ccccc1)CC(C)C.C[C@H](N)c1ccccc1. The highest BCUT2D eigenvalue weighted by Gasteiger charge is 2.28. The second-order valence-electron chi connectivity index (χ2n) is 27.6. The molecule has 97 heavy (non-hydrogen) atoms. The van der Waals surface area contributed by atoms with Gasteiger partial charge < -0.3 is 58.2 Å². The van der Waals surface area contributed by atoms with Gasteiger partial charge in [-0.05, 0) is 148 Å². The first-order chi connectivity index (χ1) is 45.6. The summed E-state index contributed by atoms with van der Waals surface area (Å²) in [4.78, 5) is 102. The average Bonchev–Trinajstić information content (AvgIpc) is 1.01. The van der Waals surface area contributed by atoms with Gasteiger partial charge in [-0.25, -0.2) is 4.79 Å². The molecule has 0 unspecified atom stereocenters. The fourth-order valence-electron chi connectivity index (χ4n) is 11.2. The molecule has 1 aliphatic heterocycles. The Labute approximate surface area is 579 Å². The van der Waals surface area contributed by atoms with Crippen molar-refractivity contribution in [2.75, 3.05) is 20.2 Å². The molecule has 5 rings (SSSR count). The van der Waals surface area contributed by atoms with E-state index in [4.69, 9.17) is 27.4 Å².